The molecule has 4 saturated carbocycles. The number of fused-ring (bicyclic) bond motifs is 2. The molecule has 5 fully saturated rings. The number of allylic oxidation sites excluding steroid dienone is 2. The molecule has 3 heterocycles. The first-order chi connectivity index (χ1) is 14.4. The van der Waals surface area contributed by atoms with Gasteiger partial charge in [0, 0.05) is 22.8 Å². The van der Waals surface area contributed by atoms with Crippen molar-refractivity contribution < 1.29 is 29.2 Å². The first-order valence-corrected chi connectivity index (χ1v) is 11.8. The molecule has 6 heteroatoms. The summed E-state index contributed by atoms with van der Waals surface area (Å²) in [5.41, 5.74) is 0.410. The van der Waals surface area contributed by atoms with Crippen molar-refractivity contribution in [3.63, 3.8) is 0 Å². The fourth-order valence-electron chi connectivity index (χ4n) is 9.64. The van der Waals surface area contributed by atoms with E-state index in [9.17, 15) is 15.0 Å². The Bertz CT molecular complexity index is 988. The lowest BCUT2D eigenvalue weighted by atomic mass is 9.26. The van der Waals surface area contributed by atoms with Gasteiger partial charge in [-0.15, -0.1) is 0 Å². The number of carbonyl (C=O) groups excluding carboxylic acids is 1. The fourth-order valence-corrected chi connectivity index (χ4v) is 9.64. The molecule has 2 N–H and O–H groups in total. The minimum Gasteiger partial charge on any atom is -0.466 e. The second kappa shape index (κ2) is 4.98. The first-order valence-electron chi connectivity index (χ1n) is 11.8. The number of epoxide rings is 1. The van der Waals surface area contributed by atoms with E-state index in [1.807, 2.05) is 0 Å². The minimum atomic E-state index is -1.61. The predicted octanol–water partition coefficient (Wildman–Crippen LogP) is 2.69. The minimum absolute atomic E-state index is 0.00121. The average Bonchev–Trinajstić information content (AvgIpc) is 3.42. The van der Waals surface area contributed by atoms with Gasteiger partial charge in [0.15, 0.2) is 11.6 Å². The molecule has 31 heavy (non-hydrogen) atoms. The maximum Gasteiger partial charge on any atom is 0.252 e. The number of aliphatic hydroxyl groups excluding tert-OH is 1. The molecular weight excluding hydrogens is 396 g/mol. The molecule has 8 rings (SSSR count). The highest BCUT2D eigenvalue weighted by molar-refractivity contribution is 6.12. The molecule has 6 nitrogen and oxygen atoms in total. The van der Waals surface area contributed by atoms with Crippen LogP contribution in [0.5, 0.6) is 0 Å². The molecule has 10 atom stereocenters. The number of rotatable bonds is 2. The van der Waals surface area contributed by atoms with E-state index in [-0.39, 0.29) is 41.2 Å². The summed E-state index contributed by atoms with van der Waals surface area (Å²) >= 11 is 0. The van der Waals surface area contributed by atoms with E-state index < -0.39 is 28.5 Å². The predicted molar refractivity (Wildman–Crippen MR) is 109 cm³/mol. The van der Waals surface area contributed by atoms with Gasteiger partial charge in [-0.3, -0.25) is 4.79 Å². The SMILES string of the molecule is CC1=C2C(=O)C34C2C1CCC3C12C=COC4(OC(C)(C)O)C(O)C1C(C)(C)CC1OC12. The smallest absolute Gasteiger partial charge is 0.252 e. The Balaban J connectivity index is 1.54. The quantitative estimate of drug-likeness (QED) is 0.519. The molecule has 8 aliphatic rings. The third-order valence-electron chi connectivity index (χ3n) is 10.2. The molecule has 0 aromatic carbocycles. The van der Waals surface area contributed by atoms with Gasteiger partial charge in [-0.2, -0.15) is 0 Å². The molecule has 0 amide bonds. The van der Waals surface area contributed by atoms with E-state index in [2.05, 4.69) is 26.8 Å². The third-order valence-corrected chi connectivity index (χ3v) is 10.2. The van der Waals surface area contributed by atoms with Crippen molar-refractivity contribution in [3.8, 4) is 0 Å². The zero-order chi connectivity index (χ0) is 21.9. The Labute approximate surface area is 182 Å². The number of ketones is 1. The Morgan fingerprint density at radius 2 is 2.00 bits per heavy atom. The van der Waals surface area contributed by atoms with E-state index in [1.54, 1.807) is 20.1 Å². The topological polar surface area (TPSA) is 88.5 Å². The van der Waals surface area contributed by atoms with Crippen LogP contribution in [0.15, 0.2) is 23.5 Å². The van der Waals surface area contributed by atoms with Crippen LogP contribution in [0.4, 0.5) is 0 Å². The van der Waals surface area contributed by atoms with Crippen LogP contribution in [-0.4, -0.2) is 45.9 Å². The second-order valence-electron chi connectivity index (χ2n) is 12.4. The third kappa shape index (κ3) is 1.71. The standard InChI is InChI=1S/C25H32O6/c1-11-12-6-7-14-23-8-9-29-25(31-22(4,5)28,24(14)16(12)15(11)18(24)26)19(27)17(23)21(2,3)10-13-20(23)30-13/h8-9,12-14,16-17,19-20,27-28H,6-7,10H2,1-5H3. The molecule has 5 aliphatic carbocycles. The van der Waals surface area contributed by atoms with Gasteiger partial charge in [-0.1, -0.05) is 19.4 Å². The summed E-state index contributed by atoms with van der Waals surface area (Å²) in [7, 11) is 0. The summed E-state index contributed by atoms with van der Waals surface area (Å²) in [5.74, 6) is -3.02. The summed E-state index contributed by atoms with van der Waals surface area (Å²) < 4.78 is 19.0. The van der Waals surface area contributed by atoms with Crippen molar-refractivity contribution in [3.05, 3.63) is 23.5 Å². The number of aliphatic hydroxyl groups is 2. The van der Waals surface area contributed by atoms with Gasteiger partial charge in [-0.25, -0.2) is 0 Å². The Kier molecular flexibility index (Phi) is 3.10. The van der Waals surface area contributed by atoms with Crippen molar-refractivity contribution in [2.24, 2.45) is 39.9 Å². The van der Waals surface area contributed by atoms with Gasteiger partial charge in [-0.05, 0) is 63.4 Å². The molecule has 2 bridgehead atoms. The van der Waals surface area contributed by atoms with Crippen LogP contribution < -0.4 is 0 Å². The van der Waals surface area contributed by atoms with Crippen molar-refractivity contribution in [1.82, 2.24) is 0 Å². The molecule has 0 radical (unpaired) electrons. The molecule has 0 aromatic heterocycles. The molecule has 3 aliphatic heterocycles. The number of carbonyl (C=O) groups is 1. The zero-order valence-corrected chi connectivity index (χ0v) is 18.8. The van der Waals surface area contributed by atoms with Crippen LogP contribution in [0, 0.1) is 39.9 Å². The lowest BCUT2D eigenvalue weighted by molar-refractivity contribution is -0.434. The maximum absolute atomic E-state index is 14.1. The molecule has 1 saturated heterocycles. The van der Waals surface area contributed by atoms with Crippen LogP contribution in [0.1, 0.15) is 53.9 Å². The zero-order valence-electron chi connectivity index (χ0n) is 18.8. The Hall–Kier alpha value is -1.21. The summed E-state index contributed by atoms with van der Waals surface area (Å²) in [4.78, 5) is 14.1. The monoisotopic (exact) mass is 428 g/mol. The highest BCUT2D eigenvalue weighted by Gasteiger charge is 2.91. The molecule has 2 spiro atoms. The normalized spacial score (nSPS) is 56.9. The van der Waals surface area contributed by atoms with E-state index in [4.69, 9.17) is 14.2 Å². The van der Waals surface area contributed by atoms with Crippen molar-refractivity contribution in [1.29, 1.82) is 0 Å². The van der Waals surface area contributed by atoms with Crippen LogP contribution in [0.25, 0.3) is 0 Å². The summed E-state index contributed by atoms with van der Waals surface area (Å²) in [6.07, 6.45) is 5.61. The highest BCUT2D eigenvalue weighted by atomic mass is 16.8. The van der Waals surface area contributed by atoms with Crippen LogP contribution >= 0.6 is 0 Å². The Morgan fingerprint density at radius 3 is 2.71 bits per heavy atom. The van der Waals surface area contributed by atoms with E-state index in [0.717, 1.165) is 24.8 Å². The average molecular weight is 429 g/mol. The van der Waals surface area contributed by atoms with Crippen molar-refractivity contribution in [2.45, 2.75) is 83.8 Å². The summed E-state index contributed by atoms with van der Waals surface area (Å²) in [6.45, 7) is 9.55. The first kappa shape index (κ1) is 19.3. The van der Waals surface area contributed by atoms with Crippen molar-refractivity contribution in [2.75, 3.05) is 0 Å². The number of hydrogen-bond donors (Lipinski definition) is 2. The summed E-state index contributed by atoms with van der Waals surface area (Å²) in [6, 6.07) is 0. The molecule has 0 aromatic rings. The molecule has 10 unspecified atom stereocenters. The molecular formula is C25H32O6. The van der Waals surface area contributed by atoms with Crippen LogP contribution in [0.2, 0.25) is 0 Å². The van der Waals surface area contributed by atoms with Gasteiger partial charge in [0.05, 0.1) is 18.5 Å². The van der Waals surface area contributed by atoms with Gasteiger partial charge >= 0.3 is 0 Å². The lowest BCUT2D eigenvalue weighted by Crippen LogP contribution is -2.86. The van der Waals surface area contributed by atoms with Crippen LogP contribution in [-0.2, 0) is 19.0 Å². The van der Waals surface area contributed by atoms with E-state index in [0.29, 0.717) is 5.92 Å². The number of ether oxygens (including phenoxy) is 3. The van der Waals surface area contributed by atoms with Gasteiger partial charge in [0.25, 0.3) is 5.79 Å². The molecule has 168 valence electrons. The number of hydrogen-bond acceptors (Lipinski definition) is 6. The maximum atomic E-state index is 14.1. The largest absolute Gasteiger partial charge is 0.466 e. The summed E-state index contributed by atoms with van der Waals surface area (Å²) in [5, 5.41) is 23.0. The number of Topliss-reactive ketones (excluding diaryl/α,β-unsaturated/α-hetero) is 1. The van der Waals surface area contributed by atoms with Gasteiger partial charge in [0.2, 0.25) is 0 Å². The van der Waals surface area contributed by atoms with Gasteiger partial charge in [0.1, 0.15) is 11.5 Å². The Morgan fingerprint density at radius 1 is 1.26 bits per heavy atom. The van der Waals surface area contributed by atoms with E-state index in [1.165, 1.54) is 5.57 Å². The van der Waals surface area contributed by atoms with Crippen LogP contribution in [0.3, 0.4) is 0 Å². The van der Waals surface area contributed by atoms with Gasteiger partial charge < -0.3 is 24.4 Å². The lowest BCUT2D eigenvalue weighted by Gasteiger charge is -2.77. The van der Waals surface area contributed by atoms with E-state index >= 15 is 0 Å². The second-order valence-corrected chi connectivity index (χ2v) is 12.4. The highest BCUT2D eigenvalue weighted by Crippen LogP contribution is 2.83. The van der Waals surface area contributed by atoms with Crippen molar-refractivity contribution >= 4 is 5.78 Å². The fraction of sp³-hybridized carbons (Fsp3) is 0.800.